The van der Waals surface area contributed by atoms with Crippen LogP contribution in [0.3, 0.4) is 0 Å². The van der Waals surface area contributed by atoms with Crippen LogP contribution in [0.15, 0.2) is 30.3 Å². The van der Waals surface area contributed by atoms with Crippen molar-refractivity contribution in [2.24, 2.45) is 0 Å². The quantitative estimate of drug-likeness (QED) is 0.899. The molecule has 2 aliphatic rings. The molecule has 0 saturated carbocycles. The monoisotopic (exact) mass is 339 g/mol. The fourth-order valence-corrected chi connectivity index (χ4v) is 3.73. The second-order valence-corrected chi connectivity index (χ2v) is 7.75. The van der Waals surface area contributed by atoms with Crippen LogP contribution < -0.4 is 19.5 Å². The maximum absolute atomic E-state index is 5.59. The Kier molecular flexibility index (Phi) is 3.88. The lowest BCUT2D eigenvalue weighted by molar-refractivity contribution is 0.174. The fraction of sp³-hybridized carbons (Fsp3) is 0.429. The first-order valence-corrected chi connectivity index (χ1v) is 8.81. The maximum Gasteiger partial charge on any atom is 0.231 e. The van der Waals surface area contributed by atoms with E-state index in [0.29, 0.717) is 6.79 Å². The van der Waals surface area contributed by atoms with Gasteiger partial charge in [0, 0.05) is 6.54 Å². The van der Waals surface area contributed by atoms with Crippen LogP contribution in [0.2, 0.25) is 0 Å². The zero-order chi connectivity index (χ0) is 17.6. The summed E-state index contributed by atoms with van der Waals surface area (Å²) in [6.45, 7) is 7.92. The van der Waals surface area contributed by atoms with Crippen molar-refractivity contribution in [2.45, 2.75) is 38.6 Å². The van der Waals surface area contributed by atoms with E-state index in [0.717, 1.165) is 30.2 Å². The van der Waals surface area contributed by atoms with E-state index < -0.39 is 0 Å². The predicted molar refractivity (Wildman–Crippen MR) is 97.8 cm³/mol. The first-order chi connectivity index (χ1) is 12.0. The Morgan fingerprint density at radius 1 is 1.08 bits per heavy atom. The van der Waals surface area contributed by atoms with Crippen LogP contribution in [0.4, 0.5) is 0 Å². The average molecular weight is 339 g/mol. The van der Waals surface area contributed by atoms with E-state index in [2.05, 4.69) is 56.4 Å². The van der Waals surface area contributed by atoms with E-state index in [-0.39, 0.29) is 11.5 Å². The second-order valence-electron chi connectivity index (χ2n) is 7.75. The lowest BCUT2D eigenvalue weighted by atomic mass is 9.82. The first kappa shape index (κ1) is 16.3. The number of fused-ring (bicyclic) bond motifs is 2. The second kappa shape index (κ2) is 5.95. The Bertz CT molecular complexity index is 808. The zero-order valence-electron chi connectivity index (χ0n) is 15.3. The van der Waals surface area contributed by atoms with Gasteiger partial charge < -0.3 is 19.5 Å². The van der Waals surface area contributed by atoms with E-state index >= 15 is 0 Å². The molecule has 132 valence electrons. The highest BCUT2D eigenvalue weighted by molar-refractivity contribution is 5.53. The molecule has 0 saturated heterocycles. The molecule has 0 bridgehead atoms. The van der Waals surface area contributed by atoms with Crippen molar-refractivity contribution in [3.63, 3.8) is 0 Å². The SMILES string of the molecule is COc1ccc(C2NCCc3cc4c(cc32)OCO4)cc1C(C)(C)C. The van der Waals surface area contributed by atoms with Gasteiger partial charge >= 0.3 is 0 Å². The topological polar surface area (TPSA) is 39.7 Å². The minimum Gasteiger partial charge on any atom is -0.496 e. The van der Waals surface area contributed by atoms with Crippen molar-refractivity contribution >= 4 is 0 Å². The van der Waals surface area contributed by atoms with Gasteiger partial charge in [0.2, 0.25) is 6.79 Å². The van der Waals surface area contributed by atoms with Crippen LogP contribution in [0, 0.1) is 0 Å². The minimum atomic E-state index is 0.0216. The molecule has 25 heavy (non-hydrogen) atoms. The Labute approximate surface area is 149 Å². The average Bonchev–Trinajstić information content (AvgIpc) is 3.05. The van der Waals surface area contributed by atoms with Crippen molar-refractivity contribution in [3.05, 3.63) is 52.6 Å². The van der Waals surface area contributed by atoms with E-state index in [1.807, 2.05) is 0 Å². The summed E-state index contributed by atoms with van der Waals surface area (Å²) in [5.74, 6) is 2.65. The van der Waals surface area contributed by atoms with Gasteiger partial charge in [-0.1, -0.05) is 26.8 Å². The molecule has 0 aliphatic carbocycles. The van der Waals surface area contributed by atoms with Crippen LogP contribution in [0.5, 0.6) is 17.2 Å². The third kappa shape index (κ3) is 2.85. The molecule has 2 aromatic rings. The van der Waals surface area contributed by atoms with Crippen LogP contribution in [0.1, 0.15) is 49.1 Å². The molecule has 0 fully saturated rings. The highest BCUT2D eigenvalue weighted by atomic mass is 16.7. The van der Waals surface area contributed by atoms with Gasteiger partial charge in [-0.15, -0.1) is 0 Å². The Morgan fingerprint density at radius 2 is 1.84 bits per heavy atom. The van der Waals surface area contributed by atoms with Crippen molar-refractivity contribution in [2.75, 3.05) is 20.4 Å². The van der Waals surface area contributed by atoms with Crippen molar-refractivity contribution in [1.29, 1.82) is 0 Å². The normalized spacial score (nSPS) is 18.8. The van der Waals surface area contributed by atoms with Gasteiger partial charge in [0.05, 0.1) is 13.2 Å². The molecular formula is C21H25NO3. The lowest BCUT2D eigenvalue weighted by Gasteiger charge is -2.30. The van der Waals surface area contributed by atoms with Crippen LogP contribution in [-0.2, 0) is 11.8 Å². The summed E-state index contributed by atoms with van der Waals surface area (Å²) in [7, 11) is 1.74. The number of methoxy groups -OCH3 is 1. The van der Waals surface area contributed by atoms with Gasteiger partial charge in [-0.2, -0.15) is 0 Å². The number of hydrogen-bond acceptors (Lipinski definition) is 4. The van der Waals surface area contributed by atoms with Crippen LogP contribution >= 0.6 is 0 Å². The number of hydrogen-bond donors (Lipinski definition) is 1. The van der Waals surface area contributed by atoms with Crippen LogP contribution in [0.25, 0.3) is 0 Å². The van der Waals surface area contributed by atoms with Gasteiger partial charge in [-0.25, -0.2) is 0 Å². The highest BCUT2D eigenvalue weighted by Crippen LogP contribution is 2.41. The molecular weight excluding hydrogens is 314 g/mol. The number of benzene rings is 2. The molecule has 2 aliphatic heterocycles. The summed E-state index contributed by atoms with van der Waals surface area (Å²) in [6.07, 6.45) is 1.00. The summed E-state index contributed by atoms with van der Waals surface area (Å²) in [4.78, 5) is 0. The van der Waals surface area contributed by atoms with E-state index in [4.69, 9.17) is 14.2 Å². The molecule has 4 rings (SSSR count). The number of nitrogens with one attached hydrogen (secondary N) is 1. The molecule has 0 aromatic heterocycles. The summed E-state index contributed by atoms with van der Waals surface area (Å²) < 4.78 is 16.7. The van der Waals surface area contributed by atoms with E-state index in [9.17, 15) is 0 Å². The van der Waals surface area contributed by atoms with Gasteiger partial charge in [0.25, 0.3) is 0 Å². The summed E-state index contributed by atoms with van der Waals surface area (Å²) in [5, 5.41) is 3.66. The van der Waals surface area contributed by atoms with E-state index in [1.54, 1.807) is 7.11 Å². The predicted octanol–water partition coefficient (Wildman–Crippen LogP) is 3.96. The molecule has 1 atom stereocenters. The smallest absolute Gasteiger partial charge is 0.231 e. The number of rotatable bonds is 2. The van der Waals surface area contributed by atoms with Crippen LogP contribution in [-0.4, -0.2) is 20.4 Å². The maximum atomic E-state index is 5.59. The first-order valence-electron chi connectivity index (χ1n) is 8.81. The molecule has 1 unspecified atom stereocenters. The van der Waals surface area contributed by atoms with E-state index in [1.165, 1.54) is 22.3 Å². The van der Waals surface area contributed by atoms with Gasteiger partial charge in [0.1, 0.15) is 5.75 Å². The Hall–Kier alpha value is -2.20. The highest BCUT2D eigenvalue weighted by Gasteiger charge is 2.27. The molecule has 0 radical (unpaired) electrons. The van der Waals surface area contributed by atoms with Gasteiger partial charge in [-0.3, -0.25) is 0 Å². The largest absolute Gasteiger partial charge is 0.496 e. The Morgan fingerprint density at radius 3 is 2.56 bits per heavy atom. The van der Waals surface area contributed by atoms with Gasteiger partial charge in [0.15, 0.2) is 11.5 Å². The summed E-state index contributed by atoms with van der Waals surface area (Å²) in [5.41, 5.74) is 5.11. The van der Waals surface area contributed by atoms with Crippen molar-refractivity contribution < 1.29 is 14.2 Å². The van der Waals surface area contributed by atoms with Crippen molar-refractivity contribution in [3.8, 4) is 17.2 Å². The molecule has 0 amide bonds. The van der Waals surface area contributed by atoms with Crippen molar-refractivity contribution in [1.82, 2.24) is 5.32 Å². The molecule has 0 spiro atoms. The number of ether oxygens (including phenoxy) is 3. The molecule has 2 aromatic carbocycles. The summed E-state index contributed by atoms with van der Waals surface area (Å²) >= 11 is 0. The minimum absolute atomic E-state index is 0.0216. The van der Waals surface area contributed by atoms with Gasteiger partial charge in [-0.05, 0) is 58.4 Å². The fourth-order valence-electron chi connectivity index (χ4n) is 3.73. The molecule has 4 nitrogen and oxygen atoms in total. The third-order valence-electron chi connectivity index (χ3n) is 5.05. The summed E-state index contributed by atoms with van der Waals surface area (Å²) in [6, 6.07) is 10.9. The molecule has 1 N–H and O–H groups in total. The zero-order valence-corrected chi connectivity index (χ0v) is 15.3. The Balaban J connectivity index is 1.79. The lowest BCUT2D eigenvalue weighted by Crippen LogP contribution is -2.30. The molecule has 2 heterocycles. The standard InChI is InChI=1S/C21H25NO3/c1-21(2,3)16-9-14(5-6-17(16)23-4)20-15-11-19-18(24-12-25-19)10-13(15)7-8-22-20/h5-6,9-11,20,22H,7-8,12H2,1-4H3. The third-order valence-corrected chi connectivity index (χ3v) is 5.05. The molecule has 4 heteroatoms.